The highest BCUT2D eigenvalue weighted by Crippen LogP contribution is 2.38. The summed E-state index contributed by atoms with van der Waals surface area (Å²) in [7, 11) is 1.86. The molecule has 0 saturated heterocycles. The molecule has 0 fully saturated rings. The summed E-state index contributed by atoms with van der Waals surface area (Å²) in [6.45, 7) is 0. The predicted octanol–water partition coefficient (Wildman–Crippen LogP) is 4.45. The summed E-state index contributed by atoms with van der Waals surface area (Å²) >= 11 is 7.30. The van der Waals surface area contributed by atoms with Gasteiger partial charge >= 0.3 is 0 Å². The lowest BCUT2D eigenvalue weighted by Gasteiger charge is -2.27. The number of fused-ring (bicyclic) bond motifs is 1. The number of benzene rings is 1. The molecule has 1 amide bonds. The summed E-state index contributed by atoms with van der Waals surface area (Å²) in [6, 6.07) is 4.28. The van der Waals surface area contributed by atoms with Crippen molar-refractivity contribution < 1.29 is 9.18 Å². The molecule has 8 heteroatoms. The molecule has 0 radical (unpaired) electrons. The van der Waals surface area contributed by atoms with Gasteiger partial charge in [0.2, 0.25) is 5.91 Å². The molecule has 1 atom stereocenters. The third kappa shape index (κ3) is 3.01. The lowest BCUT2D eigenvalue weighted by molar-refractivity contribution is -0.119. The van der Waals surface area contributed by atoms with Crippen LogP contribution < -0.4 is 4.90 Å². The molecule has 0 N–H and O–H groups in total. The fourth-order valence-corrected chi connectivity index (χ4v) is 4.20. The number of nitrogens with zero attached hydrogens (tertiary/aromatic N) is 4. The number of hydrogen-bond donors (Lipinski definition) is 0. The molecule has 1 unspecified atom stereocenters. The maximum absolute atomic E-state index is 13.6. The van der Waals surface area contributed by atoms with E-state index in [0.29, 0.717) is 10.8 Å². The molecule has 0 spiro atoms. The van der Waals surface area contributed by atoms with E-state index < -0.39 is 5.82 Å². The fourth-order valence-electron chi connectivity index (χ4n) is 3.36. The second kappa shape index (κ2) is 6.81. The first-order valence-electron chi connectivity index (χ1n) is 8.25. The van der Waals surface area contributed by atoms with Gasteiger partial charge in [-0.15, -0.1) is 11.3 Å². The van der Waals surface area contributed by atoms with Crippen LogP contribution in [0.15, 0.2) is 36.0 Å². The number of aryl methyl sites for hydroxylation is 2. The van der Waals surface area contributed by atoms with Crippen LogP contribution in [0.4, 0.5) is 15.2 Å². The largest absolute Gasteiger partial charge is 0.275 e. The van der Waals surface area contributed by atoms with Crippen molar-refractivity contribution >= 4 is 39.7 Å². The van der Waals surface area contributed by atoms with Crippen molar-refractivity contribution in [2.24, 2.45) is 7.05 Å². The Morgan fingerprint density at radius 1 is 1.46 bits per heavy atom. The molecule has 0 aliphatic heterocycles. The van der Waals surface area contributed by atoms with Crippen LogP contribution >= 0.6 is 22.9 Å². The number of rotatable bonds is 3. The standard InChI is InChI=1S/C18H16ClFN4OS/c1-23-10-13-12(3-2-4-16(13)22-23)17(25)24(18-21-7-8-26-18)11-5-6-15(20)14(19)9-11/h5-10,12H,2-4H2,1H3. The number of carbonyl (C=O) groups excluding carboxylic acids is 1. The minimum atomic E-state index is -0.519. The molecule has 3 aromatic rings. The van der Waals surface area contributed by atoms with Crippen molar-refractivity contribution in [2.75, 3.05) is 4.90 Å². The summed E-state index contributed by atoms with van der Waals surface area (Å²) in [5, 5.41) is 6.78. The number of hydrogen-bond acceptors (Lipinski definition) is 4. The van der Waals surface area contributed by atoms with Gasteiger partial charge in [0.15, 0.2) is 5.13 Å². The highest BCUT2D eigenvalue weighted by atomic mass is 35.5. The van der Waals surface area contributed by atoms with Crippen LogP contribution in [0.2, 0.25) is 5.02 Å². The maximum Gasteiger partial charge on any atom is 0.241 e. The van der Waals surface area contributed by atoms with Crippen molar-refractivity contribution in [3.8, 4) is 0 Å². The second-order valence-corrected chi connectivity index (χ2v) is 7.52. The zero-order valence-corrected chi connectivity index (χ0v) is 15.6. The summed E-state index contributed by atoms with van der Waals surface area (Å²) in [5.41, 5.74) is 2.43. The van der Waals surface area contributed by atoms with Gasteiger partial charge in [0.25, 0.3) is 0 Å². The first kappa shape index (κ1) is 17.2. The number of anilines is 2. The Hall–Kier alpha value is -2.25. The van der Waals surface area contributed by atoms with Crippen LogP contribution in [0.3, 0.4) is 0 Å². The van der Waals surface area contributed by atoms with E-state index in [4.69, 9.17) is 11.6 Å². The van der Waals surface area contributed by atoms with E-state index in [0.717, 1.165) is 30.5 Å². The molecule has 4 rings (SSSR count). The van der Waals surface area contributed by atoms with Gasteiger partial charge < -0.3 is 0 Å². The number of halogens is 2. The van der Waals surface area contributed by atoms with E-state index in [-0.39, 0.29) is 16.8 Å². The minimum absolute atomic E-state index is 0.0254. The van der Waals surface area contributed by atoms with E-state index in [9.17, 15) is 9.18 Å². The summed E-state index contributed by atoms with van der Waals surface area (Å²) in [5.74, 6) is -0.925. The lowest BCUT2D eigenvalue weighted by atomic mass is 9.86. The average molecular weight is 391 g/mol. The Labute approximate surface area is 159 Å². The molecule has 1 aromatic carbocycles. The number of amides is 1. The van der Waals surface area contributed by atoms with E-state index >= 15 is 0 Å². The Kier molecular flexibility index (Phi) is 4.50. The van der Waals surface area contributed by atoms with Crippen LogP contribution in [0.25, 0.3) is 0 Å². The smallest absolute Gasteiger partial charge is 0.241 e. The topological polar surface area (TPSA) is 51.0 Å². The summed E-state index contributed by atoms with van der Waals surface area (Å²) in [6.07, 6.45) is 6.07. The molecule has 2 heterocycles. The van der Waals surface area contributed by atoms with Crippen molar-refractivity contribution in [1.29, 1.82) is 0 Å². The highest BCUT2D eigenvalue weighted by Gasteiger charge is 2.34. The lowest BCUT2D eigenvalue weighted by Crippen LogP contribution is -2.32. The average Bonchev–Trinajstić information content (AvgIpc) is 3.26. The Morgan fingerprint density at radius 2 is 2.31 bits per heavy atom. The van der Waals surface area contributed by atoms with E-state index in [1.807, 2.05) is 13.2 Å². The van der Waals surface area contributed by atoms with Gasteiger partial charge in [-0.25, -0.2) is 9.37 Å². The van der Waals surface area contributed by atoms with Crippen molar-refractivity contribution in [3.63, 3.8) is 0 Å². The van der Waals surface area contributed by atoms with Crippen LogP contribution in [0, 0.1) is 5.82 Å². The van der Waals surface area contributed by atoms with E-state index in [1.54, 1.807) is 22.3 Å². The van der Waals surface area contributed by atoms with Crippen LogP contribution in [0.5, 0.6) is 0 Å². The van der Waals surface area contributed by atoms with Crippen molar-refractivity contribution in [2.45, 2.75) is 25.2 Å². The predicted molar refractivity (Wildman–Crippen MR) is 99.6 cm³/mol. The third-order valence-corrected chi connectivity index (χ3v) is 5.56. The molecule has 0 bridgehead atoms. The Morgan fingerprint density at radius 3 is 3.04 bits per heavy atom. The van der Waals surface area contributed by atoms with Gasteiger partial charge in [0.1, 0.15) is 5.82 Å². The fraction of sp³-hybridized carbons (Fsp3) is 0.278. The first-order valence-corrected chi connectivity index (χ1v) is 9.51. The zero-order chi connectivity index (χ0) is 18.3. The SMILES string of the molecule is Cn1cc2c(n1)CCCC2C(=O)N(c1ccc(F)c(Cl)c1)c1nccs1. The molecule has 134 valence electrons. The number of aromatic nitrogens is 3. The number of thiazole rings is 1. The van der Waals surface area contributed by atoms with Crippen LogP contribution in [-0.4, -0.2) is 20.7 Å². The Balaban J connectivity index is 1.77. The van der Waals surface area contributed by atoms with E-state index in [1.165, 1.54) is 28.4 Å². The molecule has 1 aliphatic carbocycles. The summed E-state index contributed by atoms with van der Waals surface area (Å²) < 4.78 is 15.3. The maximum atomic E-state index is 13.6. The molecule has 26 heavy (non-hydrogen) atoms. The molecule has 5 nitrogen and oxygen atoms in total. The summed E-state index contributed by atoms with van der Waals surface area (Å²) in [4.78, 5) is 19.3. The van der Waals surface area contributed by atoms with Gasteiger partial charge in [-0.3, -0.25) is 14.4 Å². The van der Waals surface area contributed by atoms with Gasteiger partial charge in [-0.05, 0) is 37.5 Å². The second-order valence-electron chi connectivity index (χ2n) is 6.24. The van der Waals surface area contributed by atoms with E-state index in [2.05, 4.69) is 10.1 Å². The van der Waals surface area contributed by atoms with Gasteiger partial charge in [0, 0.05) is 30.4 Å². The Bertz CT molecular complexity index is 956. The molecule has 1 aliphatic rings. The van der Waals surface area contributed by atoms with Gasteiger partial charge in [-0.1, -0.05) is 11.6 Å². The molecular formula is C18H16ClFN4OS. The third-order valence-electron chi connectivity index (χ3n) is 4.51. The van der Waals surface area contributed by atoms with Crippen molar-refractivity contribution in [3.05, 3.63) is 58.1 Å². The molecule has 0 saturated carbocycles. The van der Waals surface area contributed by atoms with Crippen molar-refractivity contribution in [1.82, 2.24) is 14.8 Å². The molecule has 2 aromatic heterocycles. The number of carbonyl (C=O) groups is 1. The van der Waals surface area contributed by atoms with Crippen LogP contribution in [0.1, 0.15) is 30.0 Å². The zero-order valence-electron chi connectivity index (χ0n) is 14.0. The molecular weight excluding hydrogens is 375 g/mol. The van der Waals surface area contributed by atoms with Gasteiger partial charge in [0.05, 0.1) is 22.3 Å². The van der Waals surface area contributed by atoms with Gasteiger partial charge in [-0.2, -0.15) is 5.10 Å². The van der Waals surface area contributed by atoms with Crippen LogP contribution in [-0.2, 0) is 18.3 Å². The minimum Gasteiger partial charge on any atom is -0.275 e. The highest BCUT2D eigenvalue weighted by molar-refractivity contribution is 7.13. The first-order chi connectivity index (χ1) is 12.5. The monoisotopic (exact) mass is 390 g/mol. The quantitative estimate of drug-likeness (QED) is 0.663. The normalized spacial score (nSPS) is 16.3.